The molecule has 0 heterocycles. The number of carbonyl (C=O) groups is 2. The van der Waals surface area contributed by atoms with Crippen molar-refractivity contribution in [1.29, 1.82) is 0 Å². The summed E-state index contributed by atoms with van der Waals surface area (Å²) < 4.78 is 18.5. The number of nitrogens with one attached hydrogen (secondary N) is 1. The van der Waals surface area contributed by atoms with Crippen molar-refractivity contribution in [1.82, 2.24) is 10.2 Å². The zero-order chi connectivity index (χ0) is 16.7. The number of rotatable bonds is 7. The topological polar surface area (TPSA) is 58.6 Å². The number of methoxy groups -OCH3 is 1. The average Bonchev–Trinajstić information content (AvgIpc) is 2.44. The van der Waals surface area contributed by atoms with Gasteiger partial charge in [-0.2, -0.15) is 0 Å². The van der Waals surface area contributed by atoms with Crippen molar-refractivity contribution in [3.63, 3.8) is 0 Å². The molecule has 1 aromatic rings. The first kappa shape index (κ1) is 17.9. The summed E-state index contributed by atoms with van der Waals surface area (Å²) in [7, 11) is 1.38. The third-order valence-corrected chi connectivity index (χ3v) is 3.09. The normalized spacial score (nSPS) is 10.5. The summed E-state index contributed by atoms with van der Waals surface area (Å²) in [6.07, 6.45) is 0.0454. The van der Waals surface area contributed by atoms with Crippen LogP contribution in [0.3, 0.4) is 0 Å². The first-order chi connectivity index (χ1) is 10.4. The van der Waals surface area contributed by atoms with Crippen molar-refractivity contribution in [2.24, 2.45) is 0 Å². The number of benzene rings is 1. The highest BCUT2D eigenvalue weighted by atomic mass is 19.1. The van der Waals surface area contributed by atoms with Crippen LogP contribution in [0.15, 0.2) is 18.2 Å². The van der Waals surface area contributed by atoms with Crippen molar-refractivity contribution in [3.05, 3.63) is 29.6 Å². The van der Waals surface area contributed by atoms with Gasteiger partial charge in [0.2, 0.25) is 11.8 Å². The lowest BCUT2D eigenvalue weighted by atomic mass is 10.1. The van der Waals surface area contributed by atoms with Gasteiger partial charge >= 0.3 is 0 Å². The minimum atomic E-state index is -0.506. The van der Waals surface area contributed by atoms with Crippen molar-refractivity contribution < 1.29 is 18.7 Å². The van der Waals surface area contributed by atoms with Gasteiger partial charge in [0.25, 0.3) is 0 Å². The van der Waals surface area contributed by atoms with Crippen molar-refractivity contribution in [2.75, 3.05) is 20.2 Å². The summed E-state index contributed by atoms with van der Waals surface area (Å²) in [4.78, 5) is 25.4. The third kappa shape index (κ3) is 5.35. The van der Waals surface area contributed by atoms with E-state index in [9.17, 15) is 14.0 Å². The zero-order valence-electron chi connectivity index (χ0n) is 13.5. The lowest BCUT2D eigenvalue weighted by Crippen LogP contribution is -2.43. The SMILES string of the molecule is CCN(CC(=O)NC(C)C)C(=O)Cc1ccc(OC)c(F)c1. The summed E-state index contributed by atoms with van der Waals surface area (Å²) in [5.74, 6) is -0.787. The summed E-state index contributed by atoms with van der Waals surface area (Å²) in [6, 6.07) is 4.43. The lowest BCUT2D eigenvalue weighted by molar-refractivity contribution is -0.135. The van der Waals surface area contributed by atoms with Crippen LogP contribution in [0.25, 0.3) is 0 Å². The van der Waals surface area contributed by atoms with Crippen LogP contribution in [0.2, 0.25) is 0 Å². The summed E-state index contributed by atoms with van der Waals surface area (Å²) in [5.41, 5.74) is 0.547. The van der Waals surface area contributed by atoms with Gasteiger partial charge in [0, 0.05) is 12.6 Å². The molecule has 1 rings (SSSR count). The molecule has 0 unspecified atom stereocenters. The molecule has 2 amide bonds. The van der Waals surface area contributed by atoms with Crippen molar-refractivity contribution >= 4 is 11.8 Å². The second kappa shape index (κ2) is 8.36. The van der Waals surface area contributed by atoms with E-state index < -0.39 is 5.82 Å². The second-order valence-corrected chi connectivity index (χ2v) is 5.28. The maximum Gasteiger partial charge on any atom is 0.239 e. The van der Waals surface area contributed by atoms with Crippen LogP contribution in [0.4, 0.5) is 4.39 Å². The minimum absolute atomic E-state index is 0.00610. The molecule has 0 aromatic heterocycles. The molecule has 6 heteroatoms. The number of halogens is 1. The van der Waals surface area contributed by atoms with E-state index in [2.05, 4.69) is 5.32 Å². The largest absolute Gasteiger partial charge is 0.494 e. The van der Waals surface area contributed by atoms with Crippen LogP contribution >= 0.6 is 0 Å². The van der Waals surface area contributed by atoms with Gasteiger partial charge in [0.1, 0.15) is 0 Å². The van der Waals surface area contributed by atoms with Gasteiger partial charge < -0.3 is 15.0 Å². The Hall–Kier alpha value is -2.11. The summed E-state index contributed by atoms with van der Waals surface area (Å²) in [5, 5.41) is 2.74. The first-order valence-electron chi connectivity index (χ1n) is 7.26. The molecule has 5 nitrogen and oxygen atoms in total. The molecule has 0 aliphatic heterocycles. The molecule has 0 saturated heterocycles. The van der Waals surface area contributed by atoms with E-state index >= 15 is 0 Å². The fraction of sp³-hybridized carbons (Fsp3) is 0.500. The van der Waals surface area contributed by atoms with Gasteiger partial charge in [-0.15, -0.1) is 0 Å². The monoisotopic (exact) mass is 310 g/mol. The van der Waals surface area contributed by atoms with Crippen molar-refractivity contribution in [2.45, 2.75) is 33.2 Å². The standard InChI is InChI=1S/C16H23FN2O3/c1-5-19(10-15(20)18-11(2)3)16(21)9-12-6-7-14(22-4)13(17)8-12/h6-8,11H,5,9-10H2,1-4H3,(H,18,20). The van der Waals surface area contributed by atoms with E-state index in [1.54, 1.807) is 13.0 Å². The number of carbonyl (C=O) groups excluding carboxylic acids is 2. The number of likely N-dealkylation sites (N-methyl/N-ethyl adjacent to an activating group) is 1. The van der Waals surface area contributed by atoms with Gasteiger partial charge in [-0.3, -0.25) is 9.59 Å². The Morgan fingerprint density at radius 1 is 1.36 bits per heavy atom. The predicted molar refractivity (Wildman–Crippen MR) is 82.2 cm³/mol. The fourth-order valence-corrected chi connectivity index (χ4v) is 2.02. The highest BCUT2D eigenvalue weighted by Crippen LogP contribution is 2.18. The van der Waals surface area contributed by atoms with E-state index in [4.69, 9.17) is 4.74 Å². The molecule has 1 N–H and O–H groups in total. The smallest absolute Gasteiger partial charge is 0.239 e. The second-order valence-electron chi connectivity index (χ2n) is 5.28. The van der Waals surface area contributed by atoms with Crippen LogP contribution in [0.5, 0.6) is 5.75 Å². The molecular weight excluding hydrogens is 287 g/mol. The Labute approximate surface area is 130 Å². The van der Waals surface area contributed by atoms with Crippen LogP contribution in [-0.4, -0.2) is 43.0 Å². The van der Waals surface area contributed by atoms with Gasteiger partial charge in [0.05, 0.1) is 20.1 Å². The van der Waals surface area contributed by atoms with Crippen LogP contribution < -0.4 is 10.1 Å². The highest BCUT2D eigenvalue weighted by Gasteiger charge is 2.17. The highest BCUT2D eigenvalue weighted by molar-refractivity contribution is 5.85. The molecule has 0 saturated carbocycles. The molecule has 0 radical (unpaired) electrons. The van der Waals surface area contributed by atoms with Gasteiger partial charge in [0.15, 0.2) is 11.6 Å². The van der Waals surface area contributed by atoms with E-state index in [0.29, 0.717) is 12.1 Å². The average molecular weight is 310 g/mol. The maximum absolute atomic E-state index is 13.6. The maximum atomic E-state index is 13.6. The molecule has 0 spiro atoms. The summed E-state index contributed by atoms with van der Waals surface area (Å²) in [6.45, 7) is 5.94. The van der Waals surface area contributed by atoms with Crippen LogP contribution in [0, 0.1) is 5.82 Å². The molecule has 0 aliphatic carbocycles. The van der Waals surface area contributed by atoms with E-state index in [0.717, 1.165) is 0 Å². The Balaban J connectivity index is 2.68. The molecule has 0 bridgehead atoms. The summed E-state index contributed by atoms with van der Waals surface area (Å²) >= 11 is 0. The molecule has 1 aromatic carbocycles. The van der Waals surface area contributed by atoms with E-state index in [1.165, 1.54) is 24.1 Å². The number of nitrogens with zero attached hydrogens (tertiary/aromatic N) is 1. The zero-order valence-corrected chi connectivity index (χ0v) is 13.5. The molecule has 0 atom stereocenters. The van der Waals surface area contributed by atoms with Crippen LogP contribution in [0.1, 0.15) is 26.3 Å². The predicted octanol–water partition coefficient (Wildman–Crippen LogP) is 1.75. The molecule has 0 aliphatic rings. The Kier molecular flexibility index (Phi) is 6.82. The van der Waals surface area contributed by atoms with Gasteiger partial charge in [-0.25, -0.2) is 4.39 Å². The molecule has 0 fully saturated rings. The Morgan fingerprint density at radius 3 is 2.55 bits per heavy atom. The first-order valence-corrected chi connectivity index (χ1v) is 7.26. The number of amides is 2. The van der Waals surface area contributed by atoms with Crippen molar-refractivity contribution in [3.8, 4) is 5.75 Å². The van der Waals surface area contributed by atoms with Gasteiger partial charge in [-0.05, 0) is 38.5 Å². The fourth-order valence-electron chi connectivity index (χ4n) is 2.02. The van der Waals surface area contributed by atoms with E-state index in [-0.39, 0.29) is 36.6 Å². The number of hydrogen-bond acceptors (Lipinski definition) is 3. The molecule has 122 valence electrons. The molecule has 22 heavy (non-hydrogen) atoms. The Morgan fingerprint density at radius 2 is 2.05 bits per heavy atom. The lowest BCUT2D eigenvalue weighted by Gasteiger charge is -2.21. The number of hydrogen-bond donors (Lipinski definition) is 1. The third-order valence-electron chi connectivity index (χ3n) is 3.09. The number of ether oxygens (including phenoxy) is 1. The van der Waals surface area contributed by atoms with E-state index in [1.807, 2.05) is 13.8 Å². The van der Waals surface area contributed by atoms with Gasteiger partial charge in [-0.1, -0.05) is 6.07 Å². The quantitative estimate of drug-likeness (QED) is 0.835. The van der Waals surface area contributed by atoms with Crippen LogP contribution in [-0.2, 0) is 16.0 Å². The molecular formula is C16H23FN2O3. The Bertz CT molecular complexity index is 532. The minimum Gasteiger partial charge on any atom is -0.494 e.